The third-order valence-electron chi connectivity index (χ3n) is 8.67. The van der Waals surface area contributed by atoms with Crippen molar-refractivity contribution < 1.29 is 19.4 Å². The molecule has 0 saturated heterocycles. The van der Waals surface area contributed by atoms with Crippen LogP contribution in [0.5, 0.6) is 0 Å². The molecule has 3 aromatic carbocycles. The number of rotatable bonds is 12. The van der Waals surface area contributed by atoms with E-state index < -0.39 is 5.79 Å². The zero-order valence-electron chi connectivity index (χ0n) is 23.3. The molecule has 0 aromatic heterocycles. The van der Waals surface area contributed by atoms with Crippen LogP contribution in [0, 0.1) is 5.92 Å². The normalized spacial score (nSPS) is 24.0. The fraction of sp³-hybridized carbons (Fsp3) is 0.457. The smallest absolute Gasteiger partial charge is 0.313 e. The van der Waals surface area contributed by atoms with Crippen molar-refractivity contribution in [3.05, 3.63) is 101 Å². The third kappa shape index (κ3) is 6.82. The Morgan fingerprint density at radius 2 is 1.68 bits per heavy atom. The number of carbonyl (C=O) groups excluding carboxylic acids is 1. The van der Waals surface area contributed by atoms with Crippen molar-refractivity contribution in [2.75, 3.05) is 7.11 Å². The molecule has 2 unspecified atom stereocenters. The molecule has 210 valence electrons. The quantitative estimate of drug-likeness (QED) is 0.181. The Labute approximate surface area is 242 Å². The standard InChI is InChI=1S/C35H40O4S/c1-38-34(36)31(28-14-17-33(40-29-15-16-29)30(22-28)26-12-13-26)20-25-18-19-35(37,23-25)39-32(27-10-6-3-7-11-27)21-24-8-4-2-5-9-24/h2-11,14,17,22,25-26,29,31-32,37H,12-13,15-16,18-21,23H2,1H3/t25-,31?,32+,35?/m1/s1. The van der Waals surface area contributed by atoms with Crippen LogP contribution in [0.2, 0.25) is 0 Å². The Morgan fingerprint density at radius 3 is 2.35 bits per heavy atom. The summed E-state index contributed by atoms with van der Waals surface area (Å²) in [6, 6.07) is 27.1. The highest BCUT2D eigenvalue weighted by Gasteiger charge is 2.42. The average Bonchev–Trinajstić information content (AvgIpc) is 3.92. The zero-order chi connectivity index (χ0) is 27.5. The van der Waals surface area contributed by atoms with Crippen molar-refractivity contribution in [1.29, 1.82) is 0 Å². The molecule has 3 saturated carbocycles. The fourth-order valence-corrected chi connectivity index (χ4v) is 7.43. The first kappa shape index (κ1) is 27.6. The Hall–Kier alpha value is -2.60. The van der Waals surface area contributed by atoms with E-state index in [0.717, 1.165) is 22.8 Å². The van der Waals surface area contributed by atoms with Gasteiger partial charge >= 0.3 is 5.97 Å². The molecule has 0 aliphatic heterocycles. The SMILES string of the molecule is COC(=O)C(C[C@H]1CCC(O)(O[C@@H](Cc2ccccc2)c2ccccc2)C1)c1ccc(SC2CC2)c(C2CC2)c1. The van der Waals surface area contributed by atoms with E-state index in [2.05, 4.69) is 42.5 Å². The summed E-state index contributed by atoms with van der Waals surface area (Å²) in [5, 5.41) is 12.4. The van der Waals surface area contributed by atoms with Gasteiger partial charge in [0.05, 0.1) is 19.1 Å². The first-order valence-corrected chi connectivity index (χ1v) is 15.7. The van der Waals surface area contributed by atoms with Crippen molar-refractivity contribution >= 4 is 17.7 Å². The van der Waals surface area contributed by atoms with Crippen molar-refractivity contribution in [3.63, 3.8) is 0 Å². The van der Waals surface area contributed by atoms with Gasteiger partial charge in [0.1, 0.15) is 0 Å². The second kappa shape index (κ2) is 12.1. The van der Waals surface area contributed by atoms with Gasteiger partial charge < -0.3 is 14.6 Å². The summed E-state index contributed by atoms with van der Waals surface area (Å²) in [7, 11) is 1.48. The van der Waals surface area contributed by atoms with Crippen LogP contribution < -0.4 is 0 Å². The summed E-state index contributed by atoms with van der Waals surface area (Å²) >= 11 is 2.01. The second-order valence-corrected chi connectivity index (χ2v) is 13.3. The first-order valence-electron chi connectivity index (χ1n) is 14.9. The largest absolute Gasteiger partial charge is 0.469 e. The number of hydrogen-bond acceptors (Lipinski definition) is 5. The molecule has 5 heteroatoms. The monoisotopic (exact) mass is 556 g/mol. The maximum atomic E-state index is 13.1. The molecule has 1 N–H and O–H groups in total. The fourth-order valence-electron chi connectivity index (χ4n) is 6.20. The van der Waals surface area contributed by atoms with Crippen LogP contribution in [0.1, 0.15) is 91.6 Å². The summed E-state index contributed by atoms with van der Waals surface area (Å²) < 4.78 is 11.8. The van der Waals surface area contributed by atoms with Crippen LogP contribution in [-0.4, -0.2) is 29.2 Å². The number of benzene rings is 3. The molecular weight excluding hydrogens is 516 g/mol. The van der Waals surface area contributed by atoms with Gasteiger partial charge in [-0.1, -0.05) is 72.8 Å². The summed E-state index contributed by atoms with van der Waals surface area (Å²) in [6.45, 7) is 0. The van der Waals surface area contributed by atoms with Crippen LogP contribution in [0.4, 0.5) is 0 Å². The van der Waals surface area contributed by atoms with Crippen molar-refractivity contribution in [3.8, 4) is 0 Å². The van der Waals surface area contributed by atoms with E-state index in [0.29, 0.717) is 31.6 Å². The second-order valence-electron chi connectivity index (χ2n) is 12.0. The average molecular weight is 557 g/mol. The van der Waals surface area contributed by atoms with Crippen LogP contribution in [0.25, 0.3) is 0 Å². The lowest BCUT2D eigenvalue weighted by Gasteiger charge is -2.30. The van der Waals surface area contributed by atoms with Gasteiger partial charge in [-0.05, 0) is 78.7 Å². The number of hydrogen-bond donors (Lipinski definition) is 1. The van der Waals surface area contributed by atoms with Gasteiger partial charge in [0.2, 0.25) is 0 Å². The highest BCUT2D eigenvalue weighted by atomic mass is 32.2. The molecule has 0 bridgehead atoms. The van der Waals surface area contributed by atoms with E-state index in [1.165, 1.54) is 48.8 Å². The van der Waals surface area contributed by atoms with E-state index in [-0.39, 0.29) is 23.9 Å². The summed E-state index contributed by atoms with van der Waals surface area (Å²) in [6.07, 6.45) is 8.10. The van der Waals surface area contributed by atoms with E-state index in [4.69, 9.17) is 9.47 Å². The third-order valence-corrected chi connectivity index (χ3v) is 10.1. The topological polar surface area (TPSA) is 55.8 Å². The lowest BCUT2D eigenvalue weighted by atomic mass is 9.86. The predicted molar refractivity (Wildman–Crippen MR) is 159 cm³/mol. The van der Waals surface area contributed by atoms with Gasteiger partial charge in [0.15, 0.2) is 5.79 Å². The number of esters is 1. The lowest BCUT2D eigenvalue weighted by molar-refractivity contribution is -0.229. The first-order chi connectivity index (χ1) is 19.5. The maximum absolute atomic E-state index is 13.1. The number of ether oxygens (including phenoxy) is 2. The molecule has 3 aromatic rings. The molecule has 0 amide bonds. The van der Waals surface area contributed by atoms with Crippen molar-refractivity contribution in [2.45, 2.75) is 91.7 Å². The molecule has 0 radical (unpaired) electrons. The number of carbonyl (C=O) groups is 1. The minimum atomic E-state index is -1.22. The van der Waals surface area contributed by atoms with E-state index >= 15 is 0 Å². The van der Waals surface area contributed by atoms with Gasteiger partial charge in [-0.15, -0.1) is 11.8 Å². The van der Waals surface area contributed by atoms with E-state index in [1.807, 2.05) is 48.2 Å². The predicted octanol–water partition coefficient (Wildman–Crippen LogP) is 7.95. The van der Waals surface area contributed by atoms with Gasteiger partial charge in [0, 0.05) is 29.4 Å². The highest BCUT2D eigenvalue weighted by molar-refractivity contribution is 8.00. The molecule has 4 atom stereocenters. The van der Waals surface area contributed by atoms with E-state index in [1.54, 1.807) is 0 Å². The van der Waals surface area contributed by atoms with E-state index in [9.17, 15) is 9.90 Å². The summed E-state index contributed by atoms with van der Waals surface area (Å²) in [4.78, 5) is 14.5. The molecule has 3 fully saturated rings. The molecular formula is C35H40O4S. The molecule has 40 heavy (non-hydrogen) atoms. The summed E-state index contributed by atoms with van der Waals surface area (Å²) in [5.74, 6) is -0.933. The van der Waals surface area contributed by atoms with Crippen LogP contribution in [0.15, 0.2) is 83.8 Å². The van der Waals surface area contributed by atoms with Crippen molar-refractivity contribution in [1.82, 2.24) is 0 Å². The van der Waals surface area contributed by atoms with Gasteiger partial charge in [-0.25, -0.2) is 0 Å². The number of methoxy groups -OCH3 is 1. The number of aliphatic hydroxyl groups is 1. The van der Waals surface area contributed by atoms with Crippen LogP contribution in [0.3, 0.4) is 0 Å². The van der Waals surface area contributed by atoms with Gasteiger partial charge in [0.25, 0.3) is 0 Å². The maximum Gasteiger partial charge on any atom is 0.313 e. The Kier molecular flexibility index (Phi) is 8.34. The minimum absolute atomic E-state index is 0.173. The Balaban J connectivity index is 1.17. The molecule has 6 rings (SSSR count). The molecule has 4 nitrogen and oxygen atoms in total. The minimum Gasteiger partial charge on any atom is -0.469 e. The zero-order valence-corrected chi connectivity index (χ0v) is 24.2. The van der Waals surface area contributed by atoms with Crippen molar-refractivity contribution in [2.24, 2.45) is 5.92 Å². The van der Waals surface area contributed by atoms with Gasteiger partial charge in [-0.3, -0.25) is 4.79 Å². The molecule has 0 spiro atoms. The number of thioether (sulfide) groups is 1. The summed E-state index contributed by atoms with van der Waals surface area (Å²) in [5.41, 5.74) is 4.71. The Bertz CT molecular complexity index is 1290. The van der Waals surface area contributed by atoms with Crippen LogP contribution >= 0.6 is 11.8 Å². The molecule has 3 aliphatic rings. The van der Waals surface area contributed by atoms with Gasteiger partial charge in [-0.2, -0.15) is 0 Å². The lowest BCUT2D eigenvalue weighted by Crippen LogP contribution is -2.32. The highest BCUT2D eigenvalue weighted by Crippen LogP contribution is 2.50. The Morgan fingerprint density at radius 1 is 0.950 bits per heavy atom. The molecule has 0 heterocycles. The molecule has 3 aliphatic carbocycles. The van der Waals surface area contributed by atoms with Crippen LogP contribution in [-0.2, 0) is 20.7 Å².